The molecule has 0 spiro atoms. The van der Waals surface area contributed by atoms with Gasteiger partial charge in [0.2, 0.25) is 5.75 Å². The SMILES string of the molecule is Cc1cc(-c2cccc(OC(F)(F)F)c2[N+](=O)[O-])c(C#N)c(=O)[nH]1. The number of nitrogens with zero attached hydrogens (tertiary/aromatic N) is 2. The molecule has 0 unspecified atom stereocenters. The third-order valence-electron chi connectivity index (χ3n) is 2.98. The number of para-hydroxylation sites is 1. The number of hydrogen-bond donors (Lipinski definition) is 1. The van der Waals surface area contributed by atoms with Crippen LogP contribution in [-0.4, -0.2) is 16.3 Å². The van der Waals surface area contributed by atoms with Crippen LogP contribution in [0.15, 0.2) is 29.1 Å². The average Bonchev–Trinajstić information content (AvgIpc) is 2.44. The van der Waals surface area contributed by atoms with Crippen molar-refractivity contribution in [1.29, 1.82) is 5.26 Å². The van der Waals surface area contributed by atoms with Crippen molar-refractivity contribution in [3.8, 4) is 22.9 Å². The fraction of sp³-hybridized carbons (Fsp3) is 0.143. The van der Waals surface area contributed by atoms with Crippen molar-refractivity contribution in [3.63, 3.8) is 0 Å². The van der Waals surface area contributed by atoms with Gasteiger partial charge in [-0.2, -0.15) is 5.26 Å². The number of nitro benzene ring substituents is 1. The molecule has 2 aromatic rings. The van der Waals surface area contributed by atoms with Gasteiger partial charge in [0.15, 0.2) is 0 Å². The summed E-state index contributed by atoms with van der Waals surface area (Å²) in [5, 5.41) is 20.3. The molecule has 24 heavy (non-hydrogen) atoms. The molecule has 0 radical (unpaired) electrons. The van der Waals surface area contributed by atoms with Crippen molar-refractivity contribution in [2.24, 2.45) is 0 Å². The number of halogens is 3. The second kappa shape index (κ2) is 6.04. The van der Waals surface area contributed by atoms with Gasteiger partial charge in [-0.05, 0) is 25.1 Å². The van der Waals surface area contributed by atoms with Gasteiger partial charge in [-0.1, -0.05) is 6.07 Å². The molecule has 0 aliphatic heterocycles. The minimum absolute atomic E-state index is 0.155. The summed E-state index contributed by atoms with van der Waals surface area (Å²) >= 11 is 0. The minimum Gasteiger partial charge on any atom is -0.398 e. The van der Waals surface area contributed by atoms with Gasteiger partial charge in [0.25, 0.3) is 5.56 Å². The molecule has 0 aliphatic carbocycles. The Morgan fingerprint density at radius 1 is 1.33 bits per heavy atom. The lowest BCUT2D eigenvalue weighted by Crippen LogP contribution is -2.18. The maximum atomic E-state index is 12.4. The van der Waals surface area contributed by atoms with Crippen LogP contribution >= 0.6 is 0 Å². The number of benzene rings is 1. The summed E-state index contributed by atoms with van der Waals surface area (Å²) in [6.07, 6.45) is -5.13. The van der Waals surface area contributed by atoms with E-state index < -0.39 is 33.8 Å². The van der Waals surface area contributed by atoms with E-state index in [2.05, 4.69) is 9.72 Å². The average molecular weight is 339 g/mol. The zero-order chi connectivity index (χ0) is 18.1. The van der Waals surface area contributed by atoms with Crippen LogP contribution in [0.2, 0.25) is 0 Å². The van der Waals surface area contributed by atoms with Crippen molar-refractivity contribution < 1.29 is 22.8 Å². The second-order valence-corrected chi connectivity index (χ2v) is 4.64. The first-order valence-electron chi connectivity index (χ1n) is 6.31. The van der Waals surface area contributed by atoms with E-state index in [1.165, 1.54) is 13.0 Å². The number of nitriles is 1. The van der Waals surface area contributed by atoms with Crippen LogP contribution in [0.25, 0.3) is 11.1 Å². The van der Waals surface area contributed by atoms with E-state index in [0.29, 0.717) is 0 Å². The van der Waals surface area contributed by atoms with Gasteiger partial charge >= 0.3 is 12.0 Å². The fourth-order valence-electron chi connectivity index (χ4n) is 2.15. The predicted molar refractivity (Wildman–Crippen MR) is 75.3 cm³/mol. The molecule has 0 saturated heterocycles. The maximum absolute atomic E-state index is 12.4. The second-order valence-electron chi connectivity index (χ2n) is 4.64. The Balaban J connectivity index is 2.82. The van der Waals surface area contributed by atoms with Gasteiger partial charge in [0.05, 0.1) is 10.5 Å². The summed E-state index contributed by atoms with van der Waals surface area (Å²) in [5.74, 6) is -1.04. The molecule has 2 rings (SSSR count). The van der Waals surface area contributed by atoms with E-state index in [1.807, 2.05) is 0 Å². The lowest BCUT2D eigenvalue weighted by atomic mass is 9.99. The third kappa shape index (κ3) is 3.35. The van der Waals surface area contributed by atoms with Gasteiger partial charge in [-0.15, -0.1) is 13.2 Å². The van der Waals surface area contributed by atoms with E-state index in [-0.39, 0.29) is 16.8 Å². The van der Waals surface area contributed by atoms with E-state index in [0.717, 1.165) is 18.2 Å². The molecule has 1 heterocycles. The van der Waals surface area contributed by atoms with E-state index in [4.69, 9.17) is 5.26 Å². The highest BCUT2D eigenvalue weighted by Crippen LogP contribution is 2.40. The monoisotopic (exact) mass is 339 g/mol. The largest absolute Gasteiger partial charge is 0.573 e. The Kier molecular flexibility index (Phi) is 4.28. The summed E-state index contributed by atoms with van der Waals surface area (Å²) in [6.45, 7) is 1.47. The number of alkyl halides is 3. The topological polar surface area (TPSA) is 109 Å². The molecule has 0 fully saturated rings. The van der Waals surface area contributed by atoms with Crippen LogP contribution in [-0.2, 0) is 0 Å². The quantitative estimate of drug-likeness (QED) is 0.683. The third-order valence-corrected chi connectivity index (χ3v) is 2.98. The molecule has 0 atom stereocenters. The summed E-state index contributed by atoms with van der Waals surface area (Å²) in [6, 6.07) is 5.87. The number of nitro groups is 1. The molecule has 7 nitrogen and oxygen atoms in total. The number of hydrogen-bond acceptors (Lipinski definition) is 5. The van der Waals surface area contributed by atoms with E-state index in [1.54, 1.807) is 6.07 Å². The Bertz CT molecular complexity index is 913. The number of ether oxygens (including phenoxy) is 1. The molecule has 1 N–H and O–H groups in total. The zero-order valence-corrected chi connectivity index (χ0v) is 12.0. The number of pyridine rings is 1. The van der Waals surface area contributed by atoms with Gasteiger partial charge in [0, 0.05) is 11.3 Å². The standard InChI is InChI=1S/C14H8F3N3O4/c1-7-5-9(10(6-18)13(21)19-7)8-3-2-4-11(12(8)20(22)23)24-14(15,16)17/h2-5H,1H3,(H,19,21). The lowest BCUT2D eigenvalue weighted by Gasteiger charge is -2.12. The first kappa shape index (κ1) is 17.0. The van der Waals surface area contributed by atoms with Gasteiger partial charge in [-0.3, -0.25) is 14.9 Å². The van der Waals surface area contributed by atoms with Crippen molar-refractivity contribution in [2.45, 2.75) is 13.3 Å². The number of aryl methyl sites for hydroxylation is 1. The highest BCUT2D eigenvalue weighted by molar-refractivity contribution is 5.81. The number of H-pyrrole nitrogens is 1. The van der Waals surface area contributed by atoms with Gasteiger partial charge < -0.3 is 9.72 Å². The molecule has 0 bridgehead atoms. The summed E-state index contributed by atoms with van der Waals surface area (Å²) in [4.78, 5) is 24.3. The summed E-state index contributed by atoms with van der Waals surface area (Å²) < 4.78 is 41.0. The molecule has 0 amide bonds. The van der Waals surface area contributed by atoms with Crippen molar-refractivity contribution >= 4 is 5.69 Å². The first-order chi connectivity index (χ1) is 11.1. The normalized spacial score (nSPS) is 11.0. The van der Waals surface area contributed by atoms with Crippen molar-refractivity contribution in [1.82, 2.24) is 4.98 Å². The van der Waals surface area contributed by atoms with Crippen LogP contribution in [0.1, 0.15) is 11.3 Å². The number of rotatable bonds is 3. The van der Waals surface area contributed by atoms with Crippen LogP contribution < -0.4 is 10.3 Å². The fourth-order valence-corrected chi connectivity index (χ4v) is 2.15. The zero-order valence-electron chi connectivity index (χ0n) is 12.0. The maximum Gasteiger partial charge on any atom is 0.573 e. The van der Waals surface area contributed by atoms with Crippen molar-refractivity contribution in [3.05, 3.63) is 56.0 Å². The van der Waals surface area contributed by atoms with Gasteiger partial charge in [0.1, 0.15) is 11.6 Å². The molecule has 124 valence electrons. The van der Waals surface area contributed by atoms with Crippen LogP contribution in [0.3, 0.4) is 0 Å². The Morgan fingerprint density at radius 2 is 2.00 bits per heavy atom. The molecule has 0 aliphatic rings. The molecular formula is C14H8F3N3O4. The molecular weight excluding hydrogens is 331 g/mol. The van der Waals surface area contributed by atoms with Crippen LogP contribution in [0, 0.1) is 28.4 Å². The molecule has 1 aromatic heterocycles. The van der Waals surface area contributed by atoms with E-state index >= 15 is 0 Å². The Morgan fingerprint density at radius 3 is 2.54 bits per heavy atom. The highest BCUT2D eigenvalue weighted by atomic mass is 19.4. The number of aromatic nitrogens is 1. The first-order valence-corrected chi connectivity index (χ1v) is 6.31. The van der Waals surface area contributed by atoms with Crippen LogP contribution in [0.5, 0.6) is 5.75 Å². The van der Waals surface area contributed by atoms with Gasteiger partial charge in [-0.25, -0.2) is 0 Å². The van der Waals surface area contributed by atoms with E-state index in [9.17, 15) is 28.1 Å². The number of aromatic amines is 1. The number of nitrogens with one attached hydrogen (secondary N) is 1. The molecule has 0 saturated carbocycles. The molecule has 1 aromatic carbocycles. The smallest absolute Gasteiger partial charge is 0.398 e. The summed E-state index contributed by atoms with van der Waals surface area (Å²) in [7, 11) is 0. The lowest BCUT2D eigenvalue weighted by molar-refractivity contribution is -0.388. The Labute approximate surface area is 132 Å². The highest BCUT2D eigenvalue weighted by Gasteiger charge is 2.36. The minimum atomic E-state index is -5.13. The summed E-state index contributed by atoms with van der Waals surface area (Å²) in [5.41, 5.74) is -2.44. The Hall–Kier alpha value is -3.35. The van der Waals surface area contributed by atoms with Crippen LogP contribution in [0.4, 0.5) is 18.9 Å². The molecule has 10 heteroatoms. The van der Waals surface area contributed by atoms with Crippen molar-refractivity contribution in [2.75, 3.05) is 0 Å². The predicted octanol–water partition coefficient (Wildman–Crippen LogP) is 3.03.